The summed E-state index contributed by atoms with van der Waals surface area (Å²) < 4.78 is 6.99. The van der Waals surface area contributed by atoms with Gasteiger partial charge in [0.15, 0.2) is 5.82 Å². The first kappa shape index (κ1) is 20.8. The summed E-state index contributed by atoms with van der Waals surface area (Å²) in [4.78, 5) is 17.8. The van der Waals surface area contributed by atoms with Crippen LogP contribution in [0.3, 0.4) is 0 Å². The third-order valence-corrected chi connectivity index (χ3v) is 6.13. The molecule has 0 aliphatic carbocycles. The van der Waals surface area contributed by atoms with E-state index in [-0.39, 0.29) is 5.41 Å². The van der Waals surface area contributed by atoms with Gasteiger partial charge in [-0.3, -0.25) is 9.88 Å². The molecule has 1 aromatic carbocycles. The SMILES string of the molecule is CC(C)(C)c1cc(Nc2ncn(-c3cnccn3)n2)cc(N2CCN(C3COC3)CC2)c1. The van der Waals surface area contributed by atoms with Gasteiger partial charge in [0.1, 0.15) is 6.33 Å². The maximum Gasteiger partial charge on any atom is 0.247 e. The second kappa shape index (κ2) is 8.48. The lowest BCUT2D eigenvalue weighted by Gasteiger charge is -2.43. The molecule has 0 saturated carbocycles. The van der Waals surface area contributed by atoms with E-state index in [1.807, 2.05) is 0 Å². The lowest BCUT2D eigenvalue weighted by Crippen LogP contribution is -2.56. The highest BCUT2D eigenvalue weighted by molar-refractivity contribution is 5.65. The minimum absolute atomic E-state index is 0.0317. The molecule has 9 heteroatoms. The van der Waals surface area contributed by atoms with E-state index >= 15 is 0 Å². The fraction of sp³-hybridized carbons (Fsp3) is 0.478. The van der Waals surface area contributed by atoms with E-state index in [9.17, 15) is 0 Å². The standard InChI is InChI=1S/C23H30N8O/c1-23(2,3)17-10-18(27-22-26-16-31(28-22)21-13-24-4-5-25-21)12-19(11-17)29-6-8-30(9-7-29)20-14-32-15-20/h4-5,10-13,16,20H,6-9,14-15H2,1-3H3,(H,27,28). The molecule has 1 N–H and O–H groups in total. The molecule has 32 heavy (non-hydrogen) atoms. The number of hydrogen-bond donors (Lipinski definition) is 1. The van der Waals surface area contributed by atoms with Crippen molar-refractivity contribution in [3.63, 3.8) is 0 Å². The third-order valence-electron chi connectivity index (χ3n) is 6.13. The Morgan fingerprint density at radius 3 is 2.47 bits per heavy atom. The Balaban J connectivity index is 1.36. The lowest BCUT2D eigenvalue weighted by molar-refractivity contribution is -0.0660. The Kier molecular flexibility index (Phi) is 5.52. The number of ether oxygens (including phenoxy) is 1. The van der Waals surface area contributed by atoms with Gasteiger partial charge in [0, 0.05) is 49.9 Å². The summed E-state index contributed by atoms with van der Waals surface area (Å²) in [5.41, 5.74) is 3.53. The Bertz CT molecular complexity index is 1050. The highest BCUT2D eigenvalue weighted by atomic mass is 16.5. The third kappa shape index (κ3) is 4.44. The fourth-order valence-electron chi connectivity index (χ4n) is 4.05. The first-order chi connectivity index (χ1) is 15.5. The molecule has 2 aliphatic rings. The molecule has 2 aliphatic heterocycles. The highest BCUT2D eigenvalue weighted by Gasteiger charge is 2.29. The number of piperazine rings is 1. The second-order valence-electron chi connectivity index (χ2n) is 9.43. The van der Waals surface area contributed by atoms with Crippen LogP contribution in [-0.4, -0.2) is 75.1 Å². The van der Waals surface area contributed by atoms with Crippen molar-refractivity contribution in [1.82, 2.24) is 29.6 Å². The zero-order valence-corrected chi connectivity index (χ0v) is 18.9. The molecule has 0 radical (unpaired) electrons. The Morgan fingerprint density at radius 1 is 1.00 bits per heavy atom. The maximum absolute atomic E-state index is 5.37. The number of benzene rings is 1. The summed E-state index contributed by atoms with van der Waals surface area (Å²) in [7, 11) is 0. The van der Waals surface area contributed by atoms with Gasteiger partial charge in [-0.05, 0) is 29.2 Å². The van der Waals surface area contributed by atoms with Gasteiger partial charge >= 0.3 is 0 Å². The average molecular weight is 435 g/mol. The number of rotatable bonds is 5. The summed E-state index contributed by atoms with van der Waals surface area (Å²) in [6, 6.07) is 7.30. The molecule has 0 atom stereocenters. The summed E-state index contributed by atoms with van der Waals surface area (Å²) in [6.45, 7) is 12.7. The van der Waals surface area contributed by atoms with Gasteiger partial charge in [-0.2, -0.15) is 9.67 Å². The van der Waals surface area contributed by atoms with Gasteiger partial charge in [-0.15, -0.1) is 5.10 Å². The fourth-order valence-corrected chi connectivity index (χ4v) is 4.05. The molecule has 0 unspecified atom stereocenters. The molecule has 9 nitrogen and oxygen atoms in total. The largest absolute Gasteiger partial charge is 0.378 e. The average Bonchev–Trinajstić information content (AvgIpc) is 3.21. The van der Waals surface area contributed by atoms with Crippen LogP contribution < -0.4 is 10.2 Å². The van der Waals surface area contributed by atoms with Crippen molar-refractivity contribution in [1.29, 1.82) is 0 Å². The summed E-state index contributed by atoms with van der Waals surface area (Å²) in [6.07, 6.45) is 6.58. The van der Waals surface area contributed by atoms with Crippen LogP contribution in [0.2, 0.25) is 0 Å². The molecule has 2 fully saturated rings. The van der Waals surface area contributed by atoms with E-state index < -0.39 is 0 Å². The van der Waals surface area contributed by atoms with E-state index in [4.69, 9.17) is 4.74 Å². The zero-order valence-electron chi connectivity index (χ0n) is 18.9. The summed E-state index contributed by atoms with van der Waals surface area (Å²) >= 11 is 0. The van der Waals surface area contributed by atoms with Crippen LogP contribution in [0.1, 0.15) is 26.3 Å². The zero-order chi connectivity index (χ0) is 22.1. The predicted octanol–water partition coefficient (Wildman–Crippen LogP) is 2.62. The van der Waals surface area contributed by atoms with Crippen LogP contribution in [0.4, 0.5) is 17.3 Å². The van der Waals surface area contributed by atoms with Crippen LogP contribution in [0.25, 0.3) is 5.82 Å². The van der Waals surface area contributed by atoms with Crippen molar-refractivity contribution in [3.05, 3.63) is 48.7 Å². The van der Waals surface area contributed by atoms with Gasteiger partial charge in [0.2, 0.25) is 5.95 Å². The summed E-state index contributed by atoms with van der Waals surface area (Å²) in [5.74, 6) is 1.16. The number of nitrogens with zero attached hydrogens (tertiary/aromatic N) is 7. The highest BCUT2D eigenvalue weighted by Crippen LogP contribution is 2.32. The molecule has 0 bridgehead atoms. The predicted molar refractivity (Wildman–Crippen MR) is 124 cm³/mol. The van der Waals surface area contributed by atoms with Crippen LogP contribution in [-0.2, 0) is 10.2 Å². The van der Waals surface area contributed by atoms with Gasteiger partial charge in [-0.1, -0.05) is 20.8 Å². The summed E-state index contributed by atoms with van der Waals surface area (Å²) in [5, 5.41) is 7.90. The van der Waals surface area contributed by atoms with Crippen molar-refractivity contribution in [2.75, 3.05) is 49.6 Å². The van der Waals surface area contributed by atoms with E-state index in [1.165, 1.54) is 11.3 Å². The van der Waals surface area contributed by atoms with E-state index in [2.05, 4.69) is 74.1 Å². The molecule has 5 rings (SSSR count). The van der Waals surface area contributed by atoms with E-state index in [1.54, 1.807) is 29.6 Å². The van der Waals surface area contributed by atoms with Crippen molar-refractivity contribution in [2.24, 2.45) is 0 Å². The number of nitrogens with one attached hydrogen (secondary N) is 1. The van der Waals surface area contributed by atoms with Crippen LogP contribution in [0.15, 0.2) is 43.1 Å². The van der Waals surface area contributed by atoms with Gasteiger partial charge in [0.25, 0.3) is 0 Å². The normalized spacial score (nSPS) is 17.9. The molecule has 0 amide bonds. The molecule has 2 saturated heterocycles. The molecule has 3 aromatic rings. The van der Waals surface area contributed by atoms with Crippen molar-refractivity contribution >= 4 is 17.3 Å². The molecule has 168 valence electrons. The lowest BCUT2D eigenvalue weighted by atomic mass is 9.86. The van der Waals surface area contributed by atoms with Gasteiger partial charge in [0.05, 0.1) is 25.5 Å². The smallest absolute Gasteiger partial charge is 0.247 e. The number of anilines is 3. The first-order valence-corrected chi connectivity index (χ1v) is 11.1. The number of aromatic nitrogens is 5. The molecular formula is C23H30N8O. The maximum atomic E-state index is 5.37. The monoisotopic (exact) mass is 434 g/mol. The van der Waals surface area contributed by atoms with Crippen LogP contribution in [0.5, 0.6) is 0 Å². The molecule has 4 heterocycles. The van der Waals surface area contributed by atoms with Crippen LogP contribution in [0, 0.1) is 0 Å². The first-order valence-electron chi connectivity index (χ1n) is 11.1. The quantitative estimate of drug-likeness (QED) is 0.656. The molecular weight excluding hydrogens is 404 g/mol. The van der Waals surface area contributed by atoms with Crippen LogP contribution >= 0.6 is 0 Å². The van der Waals surface area contributed by atoms with Crippen molar-refractivity contribution < 1.29 is 4.74 Å². The van der Waals surface area contributed by atoms with E-state index in [0.29, 0.717) is 17.8 Å². The minimum Gasteiger partial charge on any atom is -0.378 e. The number of hydrogen-bond acceptors (Lipinski definition) is 8. The Labute approximate surface area is 188 Å². The van der Waals surface area contributed by atoms with Gasteiger partial charge < -0.3 is 15.0 Å². The Hall–Kier alpha value is -3.04. The van der Waals surface area contributed by atoms with Crippen molar-refractivity contribution in [3.8, 4) is 5.82 Å². The topological polar surface area (TPSA) is 84.2 Å². The molecule has 2 aromatic heterocycles. The minimum atomic E-state index is 0.0317. The van der Waals surface area contributed by atoms with Gasteiger partial charge in [-0.25, -0.2) is 4.98 Å². The van der Waals surface area contributed by atoms with Crippen molar-refractivity contribution in [2.45, 2.75) is 32.2 Å². The second-order valence-corrected chi connectivity index (χ2v) is 9.43. The Morgan fingerprint density at radius 2 is 1.81 bits per heavy atom. The van der Waals surface area contributed by atoms with E-state index in [0.717, 1.165) is 45.1 Å². The molecule has 0 spiro atoms.